The van der Waals surface area contributed by atoms with E-state index in [2.05, 4.69) is 16.8 Å². The quantitative estimate of drug-likeness (QED) is 0.932. The van der Waals surface area contributed by atoms with Crippen LogP contribution in [0.5, 0.6) is 0 Å². The highest BCUT2D eigenvalue weighted by Crippen LogP contribution is 2.29. The maximum Gasteiger partial charge on any atom is 0.246 e. The molecule has 1 saturated heterocycles. The maximum atomic E-state index is 12.8. The van der Waals surface area contributed by atoms with Crippen LogP contribution in [0.4, 0.5) is 0 Å². The average Bonchev–Trinajstić information content (AvgIpc) is 2.85. The maximum absolute atomic E-state index is 12.8. The van der Waals surface area contributed by atoms with Gasteiger partial charge in [-0.05, 0) is 48.1 Å². The monoisotopic (exact) mass is 308 g/mol. The minimum atomic E-state index is -0.797. The van der Waals surface area contributed by atoms with Crippen molar-refractivity contribution in [1.82, 2.24) is 10.2 Å². The van der Waals surface area contributed by atoms with Crippen molar-refractivity contribution in [2.45, 2.75) is 52.6 Å². The Labute approximate surface area is 130 Å². The molecular weight excluding hydrogens is 284 g/mol. The van der Waals surface area contributed by atoms with Gasteiger partial charge in [-0.2, -0.15) is 11.3 Å². The molecule has 0 saturated carbocycles. The molecule has 116 valence electrons. The lowest BCUT2D eigenvalue weighted by Gasteiger charge is -2.47. The van der Waals surface area contributed by atoms with Crippen LogP contribution in [-0.2, 0) is 16.0 Å². The second-order valence-corrected chi connectivity index (χ2v) is 7.98. The molecule has 1 unspecified atom stereocenters. The van der Waals surface area contributed by atoms with Crippen molar-refractivity contribution in [1.29, 1.82) is 0 Å². The van der Waals surface area contributed by atoms with Gasteiger partial charge < -0.3 is 10.2 Å². The first-order valence-electron chi connectivity index (χ1n) is 7.27. The fraction of sp³-hybridized carbons (Fsp3) is 0.625. The molecule has 1 aliphatic rings. The summed E-state index contributed by atoms with van der Waals surface area (Å²) in [6.07, 6.45) is 0.781. The van der Waals surface area contributed by atoms with Gasteiger partial charge in [0.2, 0.25) is 11.8 Å². The van der Waals surface area contributed by atoms with Crippen molar-refractivity contribution < 1.29 is 9.59 Å². The summed E-state index contributed by atoms with van der Waals surface area (Å²) in [7, 11) is 0. The van der Waals surface area contributed by atoms with Crippen LogP contribution in [0, 0.1) is 5.41 Å². The zero-order valence-corrected chi connectivity index (χ0v) is 14.2. The number of thiophene rings is 1. The topological polar surface area (TPSA) is 49.4 Å². The minimum Gasteiger partial charge on any atom is -0.342 e. The highest BCUT2D eigenvalue weighted by Gasteiger charge is 2.49. The molecule has 5 heteroatoms. The zero-order valence-electron chi connectivity index (χ0n) is 13.4. The minimum absolute atomic E-state index is 0.0160. The molecule has 0 aliphatic carbocycles. The summed E-state index contributed by atoms with van der Waals surface area (Å²) in [5.74, 6) is -0.0605. The Morgan fingerprint density at radius 1 is 1.33 bits per heavy atom. The molecule has 2 amide bonds. The van der Waals surface area contributed by atoms with Gasteiger partial charge in [0.25, 0.3) is 0 Å². The van der Waals surface area contributed by atoms with Gasteiger partial charge in [-0.1, -0.05) is 20.8 Å². The molecule has 4 nitrogen and oxygen atoms in total. The predicted octanol–water partition coefficient (Wildman–Crippen LogP) is 2.44. The van der Waals surface area contributed by atoms with Crippen LogP contribution in [0.15, 0.2) is 16.8 Å². The Balaban J connectivity index is 2.21. The van der Waals surface area contributed by atoms with Gasteiger partial charge in [-0.15, -0.1) is 0 Å². The Morgan fingerprint density at radius 3 is 2.52 bits per heavy atom. The van der Waals surface area contributed by atoms with Gasteiger partial charge in [-0.3, -0.25) is 9.59 Å². The van der Waals surface area contributed by atoms with Crippen molar-refractivity contribution in [2.24, 2.45) is 5.41 Å². The van der Waals surface area contributed by atoms with Crippen LogP contribution in [-0.4, -0.2) is 34.8 Å². The average molecular weight is 308 g/mol. The second-order valence-electron chi connectivity index (χ2n) is 7.20. The molecule has 1 fully saturated rings. The Morgan fingerprint density at radius 2 is 2.00 bits per heavy atom. The van der Waals surface area contributed by atoms with E-state index in [0.29, 0.717) is 6.54 Å². The summed E-state index contributed by atoms with van der Waals surface area (Å²) in [4.78, 5) is 26.9. The van der Waals surface area contributed by atoms with Crippen LogP contribution in [0.3, 0.4) is 0 Å². The Hall–Kier alpha value is -1.36. The van der Waals surface area contributed by atoms with E-state index in [-0.39, 0.29) is 17.2 Å². The van der Waals surface area contributed by atoms with Crippen LogP contribution >= 0.6 is 11.3 Å². The third-order valence-electron chi connectivity index (χ3n) is 4.09. The van der Waals surface area contributed by atoms with E-state index in [9.17, 15) is 9.59 Å². The Bertz CT molecular complexity index is 529. The molecule has 21 heavy (non-hydrogen) atoms. The third-order valence-corrected chi connectivity index (χ3v) is 4.82. The molecule has 0 bridgehead atoms. The molecule has 0 spiro atoms. The summed E-state index contributed by atoms with van der Waals surface area (Å²) < 4.78 is 0. The first-order chi connectivity index (χ1) is 9.64. The zero-order chi connectivity index (χ0) is 15.8. The van der Waals surface area contributed by atoms with Crippen LogP contribution in [0.25, 0.3) is 0 Å². The van der Waals surface area contributed by atoms with Crippen molar-refractivity contribution in [3.8, 4) is 0 Å². The predicted molar refractivity (Wildman–Crippen MR) is 85.2 cm³/mol. The summed E-state index contributed by atoms with van der Waals surface area (Å²) in [6, 6.07) is 1.61. The standard InChI is InChI=1S/C16H24N2O2S/c1-15(2,3)12-13(19)18(16(4,5)14(20)17-12)8-6-11-7-9-21-10-11/h7,9-10,12H,6,8H2,1-5H3,(H,17,20). The smallest absolute Gasteiger partial charge is 0.246 e. The number of rotatable bonds is 3. The number of carbonyl (C=O) groups is 2. The largest absolute Gasteiger partial charge is 0.342 e. The van der Waals surface area contributed by atoms with E-state index < -0.39 is 11.6 Å². The fourth-order valence-corrected chi connectivity index (χ4v) is 3.28. The SMILES string of the molecule is CC(C)(C)C1NC(=O)C(C)(C)N(CCc2ccsc2)C1=O. The molecule has 1 aromatic heterocycles. The second kappa shape index (κ2) is 5.44. The van der Waals surface area contributed by atoms with Crippen LogP contribution in [0.2, 0.25) is 0 Å². The van der Waals surface area contributed by atoms with Gasteiger partial charge in [-0.25, -0.2) is 0 Å². The normalized spacial score (nSPS) is 22.3. The van der Waals surface area contributed by atoms with Gasteiger partial charge in [0, 0.05) is 6.54 Å². The Kier molecular flexibility index (Phi) is 4.15. The first kappa shape index (κ1) is 16.0. The molecule has 2 rings (SSSR count). The molecular formula is C16H24N2O2S. The van der Waals surface area contributed by atoms with Crippen molar-refractivity contribution in [3.63, 3.8) is 0 Å². The van der Waals surface area contributed by atoms with Crippen molar-refractivity contribution in [2.75, 3.05) is 6.54 Å². The van der Waals surface area contributed by atoms with Gasteiger partial charge in [0.05, 0.1) is 0 Å². The fourth-order valence-electron chi connectivity index (χ4n) is 2.58. The lowest BCUT2D eigenvalue weighted by Crippen LogP contribution is -2.71. The molecule has 2 heterocycles. The van der Waals surface area contributed by atoms with E-state index in [4.69, 9.17) is 0 Å². The molecule has 1 N–H and O–H groups in total. The van der Waals surface area contributed by atoms with E-state index in [1.165, 1.54) is 5.56 Å². The van der Waals surface area contributed by atoms with Crippen LogP contribution in [0.1, 0.15) is 40.2 Å². The molecule has 1 aromatic rings. The number of nitrogens with one attached hydrogen (secondary N) is 1. The van der Waals surface area contributed by atoms with E-state index in [1.54, 1.807) is 16.2 Å². The van der Waals surface area contributed by atoms with Crippen molar-refractivity contribution in [3.05, 3.63) is 22.4 Å². The number of hydrogen-bond donors (Lipinski definition) is 1. The highest BCUT2D eigenvalue weighted by molar-refractivity contribution is 7.07. The molecule has 1 aliphatic heterocycles. The van der Waals surface area contributed by atoms with Crippen molar-refractivity contribution >= 4 is 23.2 Å². The van der Waals surface area contributed by atoms with E-state index >= 15 is 0 Å². The third kappa shape index (κ3) is 3.12. The molecule has 0 aromatic carbocycles. The lowest BCUT2D eigenvalue weighted by molar-refractivity contribution is -0.158. The van der Waals surface area contributed by atoms with E-state index in [0.717, 1.165) is 6.42 Å². The molecule has 0 radical (unpaired) electrons. The van der Waals surface area contributed by atoms with Gasteiger partial charge >= 0.3 is 0 Å². The van der Waals surface area contributed by atoms with E-state index in [1.807, 2.05) is 40.0 Å². The summed E-state index contributed by atoms with van der Waals surface area (Å²) in [5.41, 5.74) is 0.125. The summed E-state index contributed by atoms with van der Waals surface area (Å²) in [5, 5.41) is 7.01. The number of hydrogen-bond acceptors (Lipinski definition) is 3. The first-order valence-corrected chi connectivity index (χ1v) is 8.22. The van der Waals surface area contributed by atoms with Gasteiger partial charge in [0.15, 0.2) is 0 Å². The number of nitrogens with zero attached hydrogens (tertiary/aromatic N) is 1. The highest BCUT2D eigenvalue weighted by atomic mass is 32.1. The lowest BCUT2D eigenvalue weighted by atomic mass is 9.81. The summed E-state index contributed by atoms with van der Waals surface area (Å²) in [6.45, 7) is 10.1. The summed E-state index contributed by atoms with van der Waals surface area (Å²) >= 11 is 1.65. The number of carbonyl (C=O) groups excluding carboxylic acids is 2. The molecule has 1 atom stereocenters. The number of amides is 2. The van der Waals surface area contributed by atoms with Crippen LogP contribution < -0.4 is 5.32 Å². The number of piperazine rings is 1. The van der Waals surface area contributed by atoms with Gasteiger partial charge in [0.1, 0.15) is 11.6 Å².